The van der Waals surface area contributed by atoms with Crippen LogP contribution in [0.1, 0.15) is 19.4 Å². The summed E-state index contributed by atoms with van der Waals surface area (Å²) >= 11 is 0. The lowest BCUT2D eigenvalue weighted by atomic mass is 9.84. The van der Waals surface area contributed by atoms with E-state index in [2.05, 4.69) is 29.4 Å². The number of carbonyl (C=O) groups is 1. The molecule has 0 atom stereocenters. The maximum Gasteiger partial charge on any atom is 0.214 e. The van der Waals surface area contributed by atoms with Gasteiger partial charge in [-0.15, -0.1) is 10.2 Å². The van der Waals surface area contributed by atoms with Crippen molar-refractivity contribution in [1.82, 2.24) is 10.2 Å². The van der Waals surface area contributed by atoms with Crippen LogP contribution < -0.4 is 10.2 Å². The summed E-state index contributed by atoms with van der Waals surface area (Å²) in [5, 5.41) is 20.9. The number of hydrogen-bond donors (Lipinski definition) is 2. The first kappa shape index (κ1) is 21.4. The zero-order chi connectivity index (χ0) is 21.6. The summed E-state index contributed by atoms with van der Waals surface area (Å²) in [6.45, 7) is 4.87. The van der Waals surface area contributed by atoms with Crippen LogP contribution in [-0.2, 0) is 10.2 Å². The van der Waals surface area contributed by atoms with Gasteiger partial charge >= 0.3 is 0 Å². The molecule has 156 valence electrons. The summed E-state index contributed by atoms with van der Waals surface area (Å²) in [4.78, 5) is 12.7. The number of nitrogens with one attached hydrogen (secondary N) is 1. The lowest BCUT2D eigenvalue weighted by Crippen LogP contribution is -2.28. The third kappa shape index (κ3) is 5.18. The van der Waals surface area contributed by atoms with E-state index in [1.165, 1.54) is 17.0 Å². The first-order chi connectivity index (χ1) is 14.4. The molecule has 3 rings (SSSR count). The predicted molar refractivity (Wildman–Crippen MR) is 116 cm³/mol. The van der Waals surface area contributed by atoms with Crippen molar-refractivity contribution in [2.75, 3.05) is 29.9 Å². The Bertz CT molecular complexity index is 975. The molecule has 1 amide bonds. The minimum Gasteiger partial charge on any atom is -0.395 e. The number of halogens is 1. The zero-order valence-electron chi connectivity index (χ0n) is 17.0. The maximum absolute atomic E-state index is 13.2. The Hall–Kier alpha value is -3.32. The number of anilines is 2. The monoisotopic (exact) mass is 408 g/mol. The molecule has 0 aliphatic rings. The summed E-state index contributed by atoms with van der Waals surface area (Å²) < 4.78 is 13.2. The summed E-state index contributed by atoms with van der Waals surface area (Å²) in [5.74, 6) is 0.389. The van der Waals surface area contributed by atoms with Crippen molar-refractivity contribution in [3.63, 3.8) is 0 Å². The molecule has 0 saturated heterocycles. The van der Waals surface area contributed by atoms with E-state index in [1.54, 1.807) is 18.2 Å². The third-order valence-electron chi connectivity index (χ3n) is 4.94. The first-order valence-electron chi connectivity index (χ1n) is 9.70. The molecule has 0 bridgehead atoms. The van der Waals surface area contributed by atoms with Crippen LogP contribution in [-0.4, -0.2) is 41.4 Å². The molecule has 7 heteroatoms. The molecule has 0 aliphatic carbocycles. The molecule has 0 aliphatic heterocycles. The van der Waals surface area contributed by atoms with E-state index in [1.807, 2.05) is 30.3 Å². The van der Waals surface area contributed by atoms with E-state index in [-0.39, 0.29) is 24.4 Å². The van der Waals surface area contributed by atoms with Gasteiger partial charge in [-0.05, 0) is 42.0 Å². The van der Waals surface area contributed by atoms with Crippen molar-refractivity contribution in [2.45, 2.75) is 19.3 Å². The largest absolute Gasteiger partial charge is 0.395 e. The minimum atomic E-state index is -0.249. The summed E-state index contributed by atoms with van der Waals surface area (Å²) in [7, 11) is 0. The van der Waals surface area contributed by atoms with Gasteiger partial charge in [0.15, 0.2) is 0 Å². The van der Waals surface area contributed by atoms with Crippen molar-refractivity contribution in [1.29, 1.82) is 0 Å². The Morgan fingerprint density at radius 1 is 1.10 bits per heavy atom. The van der Waals surface area contributed by atoms with Crippen LogP contribution in [0.25, 0.3) is 11.3 Å². The number of aliphatic hydroxyl groups excluding tert-OH is 1. The van der Waals surface area contributed by atoms with Crippen LogP contribution in [0.5, 0.6) is 0 Å². The first-order valence-corrected chi connectivity index (χ1v) is 9.70. The van der Waals surface area contributed by atoms with E-state index >= 15 is 0 Å². The molecular formula is C23H25FN4O2. The van der Waals surface area contributed by atoms with Crippen molar-refractivity contribution < 1.29 is 14.3 Å². The van der Waals surface area contributed by atoms with E-state index in [4.69, 9.17) is 5.11 Å². The van der Waals surface area contributed by atoms with Gasteiger partial charge in [-0.1, -0.05) is 38.1 Å². The lowest BCUT2D eigenvalue weighted by Gasteiger charge is -2.25. The fraction of sp³-hybridized carbons (Fsp3) is 0.261. The van der Waals surface area contributed by atoms with E-state index < -0.39 is 0 Å². The van der Waals surface area contributed by atoms with E-state index in [0.717, 1.165) is 11.1 Å². The van der Waals surface area contributed by atoms with Gasteiger partial charge in [-0.25, -0.2) is 4.39 Å². The molecule has 3 aromatic rings. The highest BCUT2D eigenvalue weighted by Gasteiger charge is 2.20. The smallest absolute Gasteiger partial charge is 0.214 e. The van der Waals surface area contributed by atoms with Gasteiger partial charge in [-0.3, -0.25) is 4.79 Å². The van der Waals surface area contributed by atoms with Gasteiger partial charge in [0, 0.05) is 29.8 Å². The van der Waals surface area contributed by atoms with Crippen LogP contribution >= 0.6 is 0 Å². The Morgan fingerprint density at radius 2 is 1.87 bits per heavy atom. The molecule has 1 heterocycles. The number of amides is 1. The molecule has 2 N–H and O–H groups in total. The Labute approximate surface area is 175 Å². The van der Waals surface area contributed by atoms with Gasteiger partial charge in [-0.2, -0.15) is 0 Å². The van der Waals surface area contributed by atoms with Crippen LogP contribution in [0.4, 0.5) is 15.9 Å². The second-order valence-electron chi connectivity index (χ2n) is 7.62. The number of carbonyl (C=O) groups excluding carboxylic acids is 1. The summed E-state index contributed by atoms with van der Waals surface area (Å²) in [6, 6.07) is 17.6. The van der Waals surface area contributed by atoms with Crippen molar-refractivity contribution in [3.8, 4) is 11.3 Å². The van der Waals surface area contributed by atoms with Gasteiger partial charge in [0.2, 0.25) is 6.41 Å². The van der Waals surface area contributed by atoms with Crippen LogP contribution in [0.3, 0.4) is 0 Å². The molecule has 0 saturated carbocycles. The quantitative estimate of drug-likeness (QED) is 0.529. The van der Waals surface area contributed by atoms with E-state index in [0.29, 0.717) is 30.2 Å². The highest BCUT2D eigenvalue weighted by atomic mass is 19.1. The molecule has 0 unspecified atom stereocenters. The molecule has 30 heavy (non-hydrogen) atoms. The second-order valence-corrected chi connectivity index (χ2v) is 7.62. The maximum atomic E-state index is 13.2. The minimum absolute atomic E-state index is 0.114. The Balaban J connectivity index is 1.69. The van der Waals surface area contributed by atoms with Crippen molar-refractivity contribution >= 4 is 17.9 Å². The van der Waals surface area contributed by atoms with Gasteiger partial charge in [0.1, 0.15) is 11.6 Å². The molecule has 1 aromatic heterocycles. The van der Waals surface area contributed by atoms with Crippen molar-refractivity contribution in [3.05, 3.63) is 72.0 Å². The Morgan fingerprint density at radius 3 is 2.50 bits per heavy atom. The zero-order valence-corrected chi connectivity index (χ0v) is 17.0. The highest BCUT2D eigenvalue weighted by Crippen LogP contribution is 2.25. The topological polar surface area (TPSA) is 78.4 Å². The SMILES string of the molecule is CC(C)(CNc1ccc(-c2cccc(N(C=O)CCO)c2)nn1)c1ccc(F)cc1. The average Bonchev–Trinajstić information content (AvgIpc) is 2.77. The summed E-state index contributed by atoms with van der Waals surface area (Å²) in [6.07, 6.45) is 0.691. The third-order valence-corrected chi connectivity index (χ3v) is 4.94. The number of rotatable bonds is 9. The molecule has 0 spiro atoms. The number of nitrogens with zero attached hydrogens (tertiary/aromatic N) is 3. The van der Waals surface area contributed by atoms with Gasteiger partial charge in [0.25, 0.3) is 0 Å². The second kappa shape index (κ2) is 9.45. The van der Waals surface area contributed by atoms with Crippen LogP contribution in [0.2, 0.25) is 0 Å². The van der Waals surface area contributed by atoms with Crippen LogP contribution in [0, 0.1) is 5.82 Å². The van der Waals surface area contributed by atoms with Gasteiger partial charge < -0.3 is 15.3 Å². The van der Waals surface area contributed by atoms with Crippen LogP contribution in [0.15, 0.2) is 60.7 Å². The van der Waals surface area contributed by atoms with Gasteiger partial charge in [0.05, 0.1) is 12.3 Å². The van der Waals surface area contributed by atoms with E-state index in [9.17, 15) is 9.18 Å². The van der Waals surface area contributed by atoms with Crippen molar-refractivity contribution in [2.24, 2.45) is 0 Å². The molecule has 0 radical (unpaired) electrons. The molecule has 6 nitrogen and oxygen atoms in total. The molecule has 0 fully saturated rings. The fourth-order valence-electron chi connectivity index (χ4n) is 3.09. The number of aliphatic hydroxyl groups is 1. The molecule has 2 aromatic carbocycles. The number of hydrogen-bond acceptors (Lipinski definition) is 5. The average molecular weight is 408 g/mol. The molecular weight excluding hydrogens is 383 g/mol. The highest BCUT2D eigenvalue weighted by molar-refractivity contribution is 5.78. The predicted octanol–water partition coefficient (Wildman–Crippen LogP) is 3.63. The number of aromatic nitrogens is 2. The normalized spacial score (nSPS) is 11.2. The lowest BCUT2D eigenvalue weighted by molar-refractivity contribution is -0.107. The summed E-state index contributed by atoms with van der Waals surface area (Å²) in [5.41, 5.74) is 2.99. The Kier molecular flexibility index (Phi) is 6.74. The fourth-order valence-corrected chi connectivity index (χ4v) is 3.09. The number of benzene rings is 2. The standard InChI is InChI=1S/C23H25FN4O2/c1-23(2,18-6-8-19(24)9-7-18)15-25-22-11-10-21(26-27-22)17-4-3-5-20(14-17)28(16-30)12-13-29/h3-11,14,16,29H,12-13,15H2,1-2H3,(H,25,27).